The van der Waals surface area contributed by atoms with Crippen LogP contribution in [0.25, 0.3) is 0 Å². The molecule has 0 fully saturated rings. The van der Waals surface area contributed by atoms with Gasteiger partial charge in [0, 0.05) is 6.20 Å². The summed E-state index contributed by atoms with van der Waals surface area (Å²) in [5.74, 6) is -1.16. The molecule has 0 spiro atoms. The Balaban J connectivity index is 2.03. The van der Waals surface area contributed by atoms with Gasteiger partial charge in [0.25, 0.3) is 5.91 Å². The van der Waals surface area contributed by atoms with Gasteiger partial charge in [-0.2, -0.15) is 0 Å². The number of carbonyl (C=O) groups is 2. The van der Waals surface area contributed by atoms with Gasteiger partial charge in [0.05, 0.1) is 20.6 Å². The second-order valence-electron chi connectivity index (χ2n) is 4.50. The van der Waals surface area contributed by atoms with Crippen LogP contribution in [0.4, 0.5) is 5.82 Å². The fraction of sp³-hybridized carbons (Fsp3) is 0.133. The number of benzene rings is 1. The van der Waals surface area contributed by atoms with E-state index in [0.717, 1.165) is 0 Å². The Bertz CT molecular complexity index is 752. The number of anilines is 1. The SMILES string of the molecule is C[C@H](OC(=O)c1ccccc1Cl)C(=O)Nc1ncc(Cl)cc1Cl. The van der Waals surface area contributed by atoms with Gasteiger partial charge in [-0.15, -0.1) is 0 Å². The van der Waals surface area contributed by atoms with Gasteiger partial charge in [-0.25, -0.2) is 9.78 Å². The van der Waals surface area contributed by atoms with Crippen molar-refractivity contribution in [1.29, 1.82) is 0 Å². The first kappa shape index (κ1) is 17.5. The number of nitrogens with zero attached hydrogens (tertiary/aromatic N) is 1. The molecule has 0 saturated heterocycles. The first-order chi connectivity index (χ1) is 10.9. The maximum absolute atomic E-state index is 12.0. The number of hydrogen-bond donors (Lipinski definition) is 1. The molecule has 0 aliphatic rings. The summed E-state index contributed by atoms with van der Waals surface area (Å²) in [7, 11) is 0. The highest BCUT2D eigenvalue weighted by Crippen LogP contribution is 2.23. The van der Waals surface area contributed by atoms with Gasteiger partial charge >= 0.3 is 5.97 Å². The summed E-state index contributed by atoms with van der Waals surface area (Å²) in [6.45, 7) is 1.42. The minimum absolute atomic E-state index is 0.127. The summed E-state index contributed by atoms with van der Waals surface area (Å²) in [4.78, 5) is 27.9. The minimum atomic E-state index is -1.06. The van der Waals surface area contributed by atoms with Gasteiger partial charge in [-0.1, -0.05) is 46.9 Å². The Morgan fingerprint density at radius 3 is 2.52 bits per heavy atom. The largest absolute Gasteiger partial charge is 0.449 e. The van der Waals surface area contributed by atoms with Crippen LogP contribution >= 0.6 is 34.8 Å². The molecule has 0 bridgehead atoms. The Morgan fingerprint density at radius 1 is 1.17 bits per heavy atom. The number of carbonyl (C=O) groups excluding carboxylic acids is 2. The lowest BCUT2D eigenvalue weighted by Crippen LogP contribution is -2.30. The zero-order valence-electron chi connectivity index (χ0n) is 11.8. The van der Waals surface area contributed by atoms with Crippen LogP contribution in [0.3, 0.4) is 0 Å². The molecule has 1 aromatic heterocycles. The predicted octanol–water partition coefficient (Wildman–Crippen LogP) is 4.23. The predicted molar refractivity (Wildman–Crippen MR) is 89.2 cm³/mol. The summed E-state index contributed by atoms with van der Waals surface area (Å²) < 4.78 is 5.08. The quantitative estimate of drug-likeness (QED) is 0.815. The molecule has 1 N–H and O–H groups in total. The Hall–Kier alpha value is -1.82. The fourth-order valence-electron chi connectivity index (χ4n) is 1.63. The summed E-state index contributed by atoms with van der Waals surface area (Å²) in [5.41, 5.74) is 0.177. The molecular formula is C15H11Cl3N2O3. The second kappa shape index (κ2) is 7.64. The molecule has 23 heavy (non-hydrogen) atoms. The highest BCUT2D eigenvalue weighted by molar-refractivity contribution is 6.36. The molecule has 120 valence electrons. The molecule has 2 rings (SSSR count). The average Bonchev–Trinajstić information content (AvgIpc) is 2.50. The summed E-state index contributed by atoms with van der Waals surface area (Å²) in [5, 5.41) is 3.22. The van der Waals surface area contributed by atoms with Crippen molar-refractivity contribution in [1.82, 2.24) is 4.98 Å². The molecule has 1 aromatic carbocycles. The van der Waals surface area contributed by atoms with Crippen molar-refractivity contribution in [3.63, 3.8) is 0 Å². The maximum atomic E-state index is 12.0. The molecule has 0 unspecified atom stereocenters. The van der Waals surface area contributed by atoms with E-state index in [9.17, 15) is 9.59 Å². The van der Waals surface area contributed by atoms with Crippen molar-refractivity contribution in [3.05, 3.63) is 57.2 Å². The van der Waals surface area contributed by atoms with Crippen LogP contribution in [0, 0.1) is 0 Å². The molecule has 0 radical (unpaired) electrons. The smallest absolute Gasteiger partial charge is 0.340 e. The number of halogens is 3. The van der Waals surface area contributed by atoms with Gasteiger partial charge in [-0.3, -0.25) is 4.79 Å². The molecule has 1 atom stereocenters. The highest BCUT2D eigenvalue weighted by atomic mass is 35.5. The fourth-order valence-corrected chi connectivity index (χ4v) is 2.27. The van der Waals surface area contributed by atoms with E-state index in [0.29, 0.717) is 5.02 Å². The Kier molecular flexibility index (Phi) is 5.82. The van der Waals surface area contributed by atoms with E-state index in [2.05, 4.69) is 10.3 Å². The molecule has 1 heterocycles. The zero-order chi connectivity index (χ0) is 17.0. The number of rotatable bonds is 4. The van der Waals surface area contributed by atoms with Crippen LogP contribution in [0.5, 0.6) is 0 Å². The lowest BCUT2D eigenvalue weighted by Gasteiger charge is -2.14. The van der Waals surface area contributed by atoms with Gasteiger partial charge < -0.3 is 10.1 Å². The van der Waals surface area contributed by atoms with Crippen LogP contribution < -0.4 is 5.32 Å². The molecule has 8 heteroatoms. The van der Waals surface area contributed by atoms with Gasteiger partial charge in [0.2, 0.25) is 0 Å². The van der Waals surface area contributed by atoms with E-state index in [-0.39, 0.29) is 21.4 Å². The summed E-state index contributed by atoms with van der Waals surface area (Å²) in [6, 6.07) is 7.83. The van der Waals surface area contributed by atoms with Crippen LogP contribution in [0.1, 0.15) is 17.3 Å². The molecule has 0 aliphatic carbocycles. The molecule has 2 aromatic rings. The molecule has 1 amide bonds. The third kappa shape index (κ3) is 4.58. The normalized spacial score (nSPS) is 11.7. The Labute approximate surface area is 147 Å². The van der Waals surface area contributed by atoms with Crippen molar-refractivity contribution < 1.29 is 14.3 Å². The van der Waals surface area contributed by atoms with E-state index in [1.54, 1.807) is 18.2 Å². The standard InChI is InChI=1S/C15H11Cl3N2O3/c1-8(23-15(22)10-4-2-3-5-11(10)17)14(21)20-13-12(18)6-9(16)7-19-13/h2-8H,1H3,(H,19,20,21)/t8-/m0/s1. The van der Waals surface area contributed by atoms with Crippen molar-refractivity contribution in [3.8, 4) is 0 Å². The monoisotopic (exact) mass is 372 g/mol. The number of pyridine rings is 1. The van der Waals surface area contributed by atoms with E-state index in [4.69, 9.17) is 39.5 Å². The number of aromatic nitrogens is 1. The van der Waals surface area contributed by atoms with E-state index in [1.165, 1.54) is 25.3 Å². The van der Waals surface area contributed by atoms with Crippen molar-refractivity contribution in [2.24, 2.45) is 0 Å². The van der Waals surface area contributed by atoms with Crippen molar-refractivity contribution in [2.75, 3.05) is 5.32 Å². The van der Waals surface area contributed by atoms with Gasteiger partial charge in [0.1, 0.15) is 0 Å². The third-order valence-electron chi connectivity index (χ3n) is 2.80. The highest BCUT2D eigenvalue weighted by Gasteiger charge is 2.21. The topological polar surface area (TPSA) is 68.3 Å². The minimum Gasteiger partial charge on any atom is -0.449 e. The number of amides is 1. The third-order valence-corrected chi connectivity index (χ3v) is 3.62. The molecular weight excluding hydrogens is 363 g/mol. The number of nitrogens with one attached hydrogen (secondary N) is 1. The lowest BCUT2D eigenvalue weighted by atomic mass is 10.2. The van der Waals surface area contributed by atoms with Crippen molar-refractivity contribution >= 4 is 52.5 Å². The molecule has 0 aliphatic heterocycles. The van der Waals surface area contributed by atoms with Crippen LogP contribution in [-0.4, -0.2) is 23.0 Å². The van der Waals surface area contributed by atoms with E-state index in [1.807, 2.05) is 0 Å². The van der Waals surface area contributed by atoms with E-state index < -0.39 is 18.0 Å². The Morgan fingerprint density at radius 2 is 1.87 bits per heavy atom. The van der Waals surface area contributed by atoms with Crippen LogP contribution in [-0.2, 0) is 9.53 Å². The number of hydrogen-bond acceptors (Lipinski definition) is 4. The van der Waals surface area contributed by atoms with Crippen LogP contribution in [0.2, 0.25) is 15.1 Å². The first-order valence-electron chi connectivity index (χ1n) is 6.46. The molecule has 0 saturated carbocycles. The van der Waals surface area contributed by atoms with Crippen LogP contribution in [0.15, 0.2) is 36.5 Å². The van der Waals surface area contributed by atoms with Gasteiger partial charge in [-0.05, 0) is 25.1 Å². The first-order valence-corrected chi connectivity index (χ1v) is 7.59. The molecule has 5 nitrogen and oxygen atoms in total. The maximum Gasteiger partial charge on any atom is 0.340 e. The van der Waals surface area contributed by atoms with Gasteiger partial charge in [0.15, 0.2) is 11.9 Å². The lowest BCUT2D eigenvalue weighted by molar-refractivity contribution is -0.123. The average molecular weight is 374 g/mol. The summed E-state index contributed by atoms with van der Waals surface area (Å²) in [6.07, 6.45) is 0.274. The van der Waals surface area contributed by atoms with E-state index >= 15 is 0 Å². The number of ether oxygens (including phenoxy) is 1. The second-order valence-corrected chi connectivity index (χ2v) is 5.75. The summed E-state index contributed by atoms with van der Waals surface area (Å²) >= 11 is 17.5. The zero-order valence-corrected chi connectivity index (χ0v) is 14.1. The van der Waals surface area contributed by atoms with Crippen molar-refractivity contribution in [2.45, 2.75) is 13.0 Å². The number of esters is 1.